The van der Waals surface area contributed by atoms with Crippen LogP contribution in [0.3, 0.4) is 0 Å². The summed E-state index contributed by atoms with van der Waals surface area (Å²) in [4.78, 5) is 4.71. The first-order chi connectivity index (χ1) is 14.6. The van der Waals surface area contributed by atoms with E-state index in [0.717, 1.165) is 41.2 Å². The van der Waals surface area contributed by atoms with Crippen molar-refractivity contribution in [2.75, 3.05) is 18.4 Å². The van der Waals surface area contributed by atoms with Gasteiger partial charge in [0.2, 0.25) is 10.0 Å². The van der Waals surface area contributed by atoms with E-state index in [1.54, 1.807) is 36.7 Å². The van der Waals surface area contributed by atoms with Gasteiger partial charge in [-0.05, 0) is 49.4 Å². The third-order valence-corrected chi connectivity index (χ3v) is 6.71. The number of H-pyrrole nitrogens is 1. The summed E-state index contributed by atoms with van der Waals surface area (Å²) in [5.41, 5.74) is 4.29. The lowest BCUT2D eigenvalue weighted by Crippen LogP contribution is -2.36. The Morgan fingerprint density at radius 1 is 1.13 bits per heavy atom. The molecule has 1 aliphatic rings. The molecule has 0 radical (unpaired) electrons. The number of fused-ring (bicyclic) bond motifs is 1. The van der Waals surface area contributed by atoms with Crippen LogP contribution in [0.5, 0.6) is 0 Å². The number of aromatic nitrogens is 4. The lowest BCUT2D eigenvalue weighted by atomic mass is 10.2. The Kier molecular flexibility index (Phi) is 4.74. The number of rotatable bonds is 6. The summed E-state index contributed by atoms with van der Waals surface area (Å²) in [6.07, 6.45) is 8.02. The molecule has 5 rings (SSSR count). The number of nitrogens with one attached hydrogen (secondary N) is 4. The zero-order valence-corrected chi connectivity index (χ0v) is 16.9. The molecule has 30 heavy (non-hydrogen) atoms. The molecule has 0 amide bonds. The average Bonchev–Trinajstić information content (AvgIpc) is 3.51. The quantitative estimate of drug-likeness (QED) is 0.377. The van der Waals surface area contributed by atoms with Crippen LogP contribution >= 0.6 is 0 Å². The fourth-order valence-electron chi connectivity index (χ4n) is 3.65. The van der Waals surface area contributed by atoms with Crippen molar-refractivity contribution in [2.45, 2.75) is 17.4 Å². The summed E-state index contributed by atoms with van der Waals surface area (Å²) in [6, 6.07) is 10.6. The molecule has 1 aliphatic heterocycles. The van der Waals surface area contributed by atoms with Crippen molar-refractivity contribution in [3.8, 4) is 11.3 Å². The van der Waals surface area contributed by atoms with E-state index in [1.807, 2.05) is 28.9 Å². The second kappa shape index (κ2) is 7.56. The van der Waals surface area contributed by atoms with Gasteiger partial charge in [-0.15, -0.1) is 0 Å². The van der Waals surface area contributed by atoms with E-state index in [4.69, 9.17) is 0 Å². The number of pyridine rings is 1. The van der Waals surface area contributed by atoms with Crippen molar-refractivity contribution in [1.29, 1.82) is 0 Å². The number of nitrogens with zero attached hydrogens (tertiary/aromatic N) is 3. The van der Waals surface area contributed by atoms with E-state index in [1.165, 1.54) is 0 Å². The Bertz CT molecular complexity index is 1260. The Hall–Kier alpha value is -3.21. The minimum Gasteiger partial charge on any atom is -0.352 e. The molecule has 10 heteroatoms. The summed E-state index contributed by atoms with van der Waals surface area (Å²) < 4.78 is 29.9. The molecule has 0 spiro atoms. The van der Waals surface area contributed by atoms with Crippen molar-refractivity contribution in [3.63, 3.8) is 0 Å². The normalized spacial score (nSPS) is 16.9. The first kappa shape index (κ1) is 18.8. The molecule has 4 aromatic rings. The molecular weight excluding hydrogens is 402 g/mol. The topological polar surface area (TPSA) is 116 Å². The number of anilines is 2. The molecule has 1 aromatic carbocycles. The Labute approximate surface area is 173 Å². The highest BCUT2D eigenvalue weighted by Crippen LogP contribution is 2.27. The van der Waals surface area contributed by atoms with Crippen LogP contribution in [0.1, 0.15) is 6.42 Å². The smallest absolute Gasteiger partial charge is 0.240 e. The standard InChI is InChI=1S/C20H21N7O2S/c28-30(29,26-16-7-8-21-13-16)17-3-1-15(2-4-17)25-18-5-6-19(14-11-23-24-12-14)27-10-9-22-20(18)27/h1-6,9-12,16,21,25-26H,7-8,13H2,(H,23,24). The van der Waals surface area contributed by atoms with Gasteiger partial charge in [0.25, 0.3) is 0 Å². The highest BCUT2D eigenvalue weighted by atomic mass is 32.2. The molecule has 1 saturated heterocycles. The highest BCUT2D eigenvalue weighted by Gasteiger charge is 2.22. The summed E-state index contributed by atoms with van der Waals surface area (Å²) in [6.45, 7) is 1.49. The zero-order chi connectivity index (χ0) is 20.6. The Morgan fingerprint density at radius 2 is 2.00 bits per heavy atom. The third kappa shape index (κ3) is 3.56. The maximum Gasteiger partial charge on any atom is 0.240 e. The maximum absolute atomic E-state index is 12.6. The van der Waals surface area contributed by atoms with Crippen molar-refractivity contribution in [1.82, 2.24) is 29.6 Å². The van der Waals surface area contributed by atoms with Gasteiger partial charge in [0.05, 0.1) is 22.5 Å². The summed E-state index contributed by atoms with van der Waals surface area (Å²) in [5, 5.41) is 13.3. The fraction of sp³-hybridized carbons (Fsp3) is 0.200. The van der Waals surface area contributed by atoms with Gasteiger partial charge in [-0.3, -0.25) is 9.50 Å². The Morgan fingerprint density at radius 3 is 2.73 bits per heavy atom. The van der Waals surface area contributed by atoms with Gasteiger partial charge in [0, 0.05) is 42.4 Å². The molecule has 4 heterocycles. The van der Waals surface area contributed by atoms with Gasteiger partial charge in [-0.2, -0.15) is 5.10 Å². The van der Waals surface area contributed by atoms with Crippen LogP contribution in [0.4, 0.5) is 11.4 Å². The van der Waals surface area contributed by atoms with Crippen molar-refractivity contribution < 1.29 is 8.42 Å². The van der Waals surface area contributed by atoms with Crippen LogP contribution in [0.25, 0.3) is 16.9 Å². The number of imidazole rings is 1. The van der Waals surface area contributed by atoms with Crippen LogP contribution in [-0.2, 0) is 10.0 Å². The van der Waals surface area contributed by atoms with E-state index in [-0.39, 0.29) is 10.9 Å². The first-order valence-corrected chi connectivity index (χ1v) is 11.1. The lowest BCUT2D eigenvalue weighted by molar-refractivity contribution is 0.560. The van der Waals surface area contributed by atoms with Gasteiger partial charge in [0.1, 0.15) is 0 Å². The number of hydrogen-bond donors (Lipinski definition) is 4. The molecule has 0 saturated carbocycles. The highest BCUT2D eigenvalue weighted by molar-refractivity contribution is 7.89. The number of hydrogen-bond acceptors (Lipinski definition) is 6. The minimum absolute atomic E-state index is 0.0599. The monoisotopic (exact) mass is 423 g/mol. The Balaban J connectivity index is 1.38. The predicted octanol–water partition coefficient (Wildman–Crippen LogP) is 2.11. The SMILES string of the molecule is O=S(=O)(NC1CCNC1)c1ccc(Nc2ccc(-c3cn[nH]c3)n3ccnc23)cc1. The number of sulfonamides is 1. The molecule has 1 unspecified atom stereocenters. The van der Waals surface area contributed by atoms with Gasteiger partial charge in [-0.25, -0.2) is 18.1 Å². The second-order valence-electron chi connectivity index (χ2n) is 7.20. The van der Waals surface area contributed by atoms with Crippen LogP contribution in [0.2, 0.25) is 0 Å². The molecule has 9 nitrogen and oxygen atoms in total. The average molecular weight is 424 g/mol. The molecular formula is C20H21N7O2S. The largest absolute Gasteiger partial charge is 0.352 e. The fourth-order valence-corrected chi connectivity index (χ4v) is 4.92. The molecule has 0 bridgehead atoms. The summed E-state index contributed by atoms with van der Waals surface area (Å²) in [5.74, 6) is 0. The van der Waals surface area contributed by atoms with Crippen LogP contribution in [0, 0.1) is 0 Å². The number of benzene rings is 1. The van der Waals surface area contributed by atoms with Gasteiger partial charge < -0.3 is 10.6 Å². The van der Waals surface area contributed by atoms with E-state index in [0.29, 0.717) is 6.54 Å². The molecule has 154 valence electrons. The summed E-state index contributed by atoms with van der Waals surface area (Å²) >= 11 is 0. The first-order valence-electron chi connectivity index (χ1n) is 9.65. The maximum atomic E-state index is 12.6. The molecule has 1 atom stereocenters. The van der Waals surface area contributed by atoms with Crippen molar-refractivity contribution >= 4 is 27.0 Å². The van der Waals surface area contributed by atoms with Crippen LogP contribution in [0.15, 0.2) is 66.1 Å². The number of aromatic amines is 1. The van der Waals surface area contributed by atoms with Crippen LogP contribution in [-0.4, -0.2) is 47.1 Å². The van der Waals surface area contributed by atoms with E-state index in [9.17, 15) is 8.42 Å². The summed E-state index contributed by atoms with van der Waals surface area (Å²) in [7, 11) is -3.53. The second-order valence-corrected chi connectivity index (χ2v) is 8.91. The minimum atomic E-state index is -3.53. The lowest BCUT2D eigenvalue weighted by Gasteiger charge is -2.13. The van der Waals surface area contributed by atoms with Gasteiger partial charge in [-0.1, -0.05) is 0 Å². The molecule has 3 aromatic heterocycles. The van der Waals surface area contributed by atoms with Crippen molar-refractivity contribution in [2.24, 2.45) is 0 Å². The van der Waals surface area contributed by atoms with E-state index in [2.05, 4.69) is 30.5 Å². The van der Waals surface area contributed by atoms with Gasteiger partial charge in [0.15, 0.2) is 5.65 Å². The van der Waals surface area contributed by atoms with Gasteiger partial charge >= 0.3 is 0 Å². The molecule has 0 aliphatic carbocycles. The van der Waals surface area contributed by atoms with Crippen molar-refractivity contribution in [3.05, 3.63) is 61.2 Å². The molecule has 1 fully saturated rings. The third-order valence-electron chi connectivity index (χ3n) is 5.17. The zero-order valence-electron chi connectivity index (χ0n) is 16.0. The predicted molar refractivity (Wildman–Crippen MR) is 114 cm³/mol. The van der Waals surface area contributed by atoms with E-state index >= 15 is 0 Å². The molecule has 4 N–H and O–H groups in total. The van der Waals surface area contributed by atoms with Crippen LogP contribution < -0.4 is 15.4 Å². The van der Waals surface area contributed by atoms with E-state index < -0.39 is 10.0 Å².